The minimum Gasteiger partial charge on any atom is -0.468 e. The van der Waals surface area contributed by atoms with Crippen molar-refractivity contribution in [1.29, 1.82) is 0 Å². The van der Waals surface area contributed by atoms with Crippen LogP contribution in [-0.2, 0) is 19.1 Å². The monoisotopic (exact) mass is 233 g/mol. The van der Waals surface area contributed by atoms with Crippen molar-refractivity contribution in [2.24, 2.45) is 11.1 Å². The van der Waals surface area contributed by atoms with Crippen LogP contribution in [0.1, 0.15) is 0 Å². The first kappa shape index (κ1) is 11.8. The second kappa shape index (κ2) is 5.01. The molecule has 0 aliphatic carbocycles. The zero-order valence-electron chi connectivity index (χ0n) is 8.30. The number of carbonyl (C=O) groups is 2. The molecule has 0 unspecified atom stereocenters. The topological polar surface area (TPSA) is 85.2 Å². The summed E-state index contributed by atoms with van der Waals surface area (Å²) in [5.41, 5.74) is 0.238. The lowest BCUT2D eigenvalue weighted by Crippen LogP contribution is -2.34. The fourth-order valence-corrected chi connectivity index (χ4v) is 2.61. The molecule has 0 bridgehead atoms. The molecule has 6 nitrogen and oxygen atoms in total. The molecular weight excluding hydrogens is 222 g/mol. The van der Waals surface area contributed by atoms with Crippen molar-refractivity contribution in [3.05, 3.63) is 0 Å². The third-order valence-corrected chi connectivity index (χ3v) is 3.38. The Morgan fingerprint density at radius 1 is 1.40 bits per heavy atom. The highest BCUT2D eigenvalue weighted by atomic mass is 32.2. The van der Waals surface area contributed by atoms with E-state index < -0.39 is 23.1 Å². The highest BCUT2D eigenvalue weighted by molar-refractivity contribution is 8.01. The van der Waals surface area contributed by atoms with E-state index in [2.05, 4.69) is 14.6 Å². The summed E-state index contributed by atoms with van der Waals surface area (Å²) in [4.78, 5) is 22.7. The summed E-state index contributed by atoms with van der Waals surface area (Å²) in [6.45, 7) is 0. The van der Waals surface area contributed by atoms with E-state index in [1.165, 1.54) is 26.0 Å². The van der Waals surface area contributed by atoms with Gasteiger partial charge in [0, 0.05) is 5.75 Å². The zero-order chi connectivity index (χ0) is 11.4. The summed E-state index contributed by atoms with van der Waals surface area (Å²) < 4.78 is 9.09. The van der Waals surface area contributed by atoms with Gasteiger partial charge in [-0.25, -0.2) is 0 Å². The first-order chi connectivity index (χ1) is 7.15. The number of carbonyl (C=O) groups excluding carboxylic acids is 2. The summed E-state index contributed by atoms with van der Waals surface area (Å²) in [6, 6.07) is 0. The van der Waals surface area contributed by atoms with Gasteiger partial charge in [-0.2, -0.15) is 0 Å². The van der Waals surface area contributed by atoms with Crippen LogP contribution in [0.2, 0.25) is 0 Å². The Kier molecular flexibility index (Phi) is 3.96. The van der Waals surface area contributed by atoms with Crippen molar-refractivity contribution < 1.29 is 24.3 Å². The Morgan fingerprint density at radius 3 is 2.47 bits per heavy atom. The van der Waals surface area contributed by atoms with E-state index in [0.717, 1.165) is 0 Å². The van der Waals surface area contributed by atoms with Gasteiger partial charge in [0.05, 0.1) is 19.9 Å². The van der Waals surface area contributed by atoms with Gasteiger partial charge in [0.1, 0.15) is 11.2 Å². The summed E-state index contributed by atoms with van der Waals surface area (Å²) in [6.07, 6.45) is 0. The molecule has 1 fully saturated rings. The Balaban J connectivity index is 2.91. The number of rotatable bonds is 2. The molecule has 1 heterocycles. The molecule has 0 saturated carbocycles. The molecule has 1 aliphatic heterocycles. The van der Waals surface area contributed by atoms with Gasteiger partial charge in [0.25, 0.3) is 0 Å². The molecule has 1 aliphatic rings. The molecule has 0 aromatic heterocycles. The number of thioether (sulfide) groups is 1. The van der Waals surface area contributed by atoms with Gasteiger partial charge >= 0.3 is 11.9 Å². The van der Waals surface area contributed by atoms with E-state index in [0.29, 0.717) is 5.75 Å². The molecular formula is C8H11NO5S. The van der Waals surface area contributed by atoms with Crippen LogP contribution >= 0.6 is 11.8 Å². The van der Waals surface area contributed by atoms with E-state index in [-0.39, 0.29) is 5.71 Å². The van der Waals surface area contributed by atoms with Gasteiger partial charge in [-0.3, -0.25) is 9.59 Å². The molecule has 0 aromatic carbocycles. The fourth-order valence-electron chi connectivity index (χ4n) is 1.33. The third-order valence-electron chi connectivity index (χ3n) is 2.09. The number of hydrogen-bond acceptors (Lipinski definition) is 7. The minimum absolute atomic E-state index is 0.238. The van der Waals surface area contributed by atoms with Crippen LogP contribution in [0, 0.1) is 5.92 Å². The maximum Gasteiger partial charge on any atom is 0.320 e. The summed E-state index contributed by atoms with van der Waals surface area (Å²) >= 11 is 1.19. The maximum atomic E-state index is 11.4. The van der Waals surface area contributed by atoms with Crippen molar-refractivity contribution in [2.75, 3.05) is 20.0 Å². The van der Waals surface area contributed by atoms with Crippen molar-refractivity contribution in [3.63, 3.8) is 0 Å². The predicted octanol–water partition coefficient (Wildman–Crippen LogP) is -0.106. The van der Waals surface area contributed by atoms with E-state index in [4.69, 9.17) is 5.21 Å². The molecule has 0 spiro atoms. The average molecular weight is 233 g/mol. The van der Waals surface area contributed by atoms with Crippen LogP contribution in [0.25, 0.3) is 0 Å². The van der Waals surface area contributed by atoms with Gasteiger partial charge in [-0.05, 0) is 0 Å². The second-order valence-electron chi connectivity index (χ2n) is 2.85. The molecule has 15 heavy (non-hydrogen) atoms. The highest BCUT2D eigenvalue weighted by Crippen LogP contribution is 2.32. The van der Waals surface area contributed by atoms with E-state index in [1.807, 2.05) is 0 Å². The standard InChI is InChI=1S/C8H11NO5S/c1-13-7(10)5-4(9-12)3-15-6(5)8(11)14-2/h5-6,12H,3H2,1-2H3/t5-,6+/m1/s1. The van der Waals surface area contributed by atoms with Crippen molar-refractivity contribution in [3.8, 4) is 0 Å². The molecule has 0 aromatic rings. The normalized spacial score (nSPS) is 27.7. The lowest BCUT2D eigenvalue weighted by molar-refractivity contribution is -0.148. The summed E-state index contributed by atoms with van der Waals surface area (Å²) in [7, 11) is 2.46. The van der Waals surface area contributed by atoms with Crippen LogP contribution in [0.5, 0.6) is 0 Å². The Bertz CT molecular complexity index is 303. The quantitative estimate of drug-likeness (QED) is 0.407. The number of esters is 2. The number of hydrogen-bond donors (Lipinski definition) is 1. The summed E-state index contributed by atoms with van der Waals surface area (Å²) in [5, 5.41) is 11.0. The smallest absolute Gasteiger partial charge is 0.320 e. The highest BCUT2D eigenvalue weighted by Gasteiger charge is 2.45. The number of methoxy groups -OCH3 is 2. The Morgan fingerprint density at radius 2 is 2.00 bits per heavy atom. The van der Waals surface area contributed by atoms with Gasteiger partial charge in [0.15, 0.2) is 0 Å². The van der Waals surface area contributed by atoms with Crippen LogP contribution in [0.4, 0.5) is 0 Å². The molecule has 84 valence electrons. The number of nitrogens with zero attached hydrogens (tertiary/aromatic N) is 1. The van der Waals surface area contributed by atoms with Gasteiger partial charge in [0.2, 0.25) is 0 Å². The molecule has 1 rings (SSSR count). The van der Waals surface area contributed by atoms with Gasteiger partial charge in [-0.15, -0.1) is 11.8 Å². The van der Waals surface area contributed by atoms with Crippen molar-refractivity contribution in [2.45, 2.75) is 5.25 Å². The molecule has 2 atom stereocenters. The van der Waals surface area contributed by atoms with Crippen LogP contribution in [0.3, 0.4) is 0 Å². The van der Waals surface area contributed by atoms with Crippen molar-refractivity contribution in [1.82, 2.24) is 0 Å². The van der Waals surface area contributed by atoms with Crippen LogP contribution in [0.15, 0.2) is 5.16 Å². The average Bonchev–Trinajstić information content (AvgIpc) is 2.70. The first-order valence-corrected chi connectivity index (χ1v) is 5.18. The van der Waals surface area contributed by atoms with E-state index in [1.54, 1.807) is 0 Å². The lowest BCUT2D eigenvalue weighted by atomic mass is 10.0. The fraction of sp³-hybridized carbons (Fsp3) is 0.625. The Hall–Kier alpha value is -1.24. The molecule has 1 N–H and O–H groups in total. The van der Waals surface area contributed by atoms with Gasteiger partial charge in [-0.1, -0.05) is 5.16 Å². The molecule has 7 heteroatoms. The van der Waals surface area contributed by atoms with E-state index in [9.17, 15) is 9.59 Å². The zero-order valence-corrected chi connectivity index (χ0v) is 9.11. The molecule has 0 radical (unpaired) electrons. The van der Waals surface area contributed by atoms with Crippen LogP contribution in [-0.4, -0.2) is 48.1 Å². The second-order valence-corrected chi connectivity index (χ2v) is 3.98. The number of ether oxygens (including phenoxy) is 2. The Labute approximate surface area is 90.6 Å². The van der Waals surface area contributed by atoms with Crippen molar-refractivity contribution >= 4 is 29.4 Å². The predicted molar refractivity (Wildman–Crippen MR) is 53.0 cm³/mol. The summed E-state index contributed by atoms with van der Waals surface area (Å²) in [5.74, 6) is -1.65. The van der Waals surface area contributed by atoms with Gasteiger partial charge < -0.3 is 14.7 Å². The van der Waals surface area contributed by atoms with Crippen LogP contribution < -0.4 is 0 Å². The minimum atomic E-state index is -0.850. The van der Waals surface area contributed by atoms with E-state index >= 15 is 0 Å². The largest absolute Gasteiger partial charge is 0.468 e. The first-order valence-electron chi connectivity index (χ1n) is 4.13. The SMILES string of the molecule is COC(=O)[C@@H]1C(=NO)CS[C@@H]1C(=O)OC. The third kappa shape index (κ3) is 2.23. The maximum absolute atomic E-state index is 11.4. The molecule has 0 amide bonds. The molecule has 1 saturated heterocycles. The lowest BCUT2D eigenvalue weighted by Gasteiger charge is -2.13. The number of oxime groups is 1.